The van der Waals surface area contributed by atoms with Crippen LogP contribution in [0.15, 0.2) is 0 Å². The molecular formula is C20H42N2O4Si. The van der Waals surface area contributed by atoms with Gasteiger partial charge in [-0.1, -0.05) is 27.7 Å². The molecule has 27 heavy (non-hydrogen) atoms. The van der Waals surface area contributed by atoms with Crippen LogP contribution in [0, 0.1) is 5.92 Å². The summed E-state index contributed by atoms with van der Waals surface area (Å²) in [7, 11) is -2.06. The van der Waals surface area contributed by atoms with E-state index < -0.39 is 19.6 Å². The lowest BCUT2D eigenvalue weighted by atomic mass is 9.97. The molecule has 0 aromatic carbocycles. The lowest BCUT2D eigenvalue weighted by molar-refractivity contribution is -0.0691. The highest BCUT2D eigenvalue weighted by molar-refractivity contribution is 6.74. The van der Waals surface area contributed by atoms with E-state index in [1.807, 2.05) is 34.6 Å². The van der Waals surface area contributed by atoms with E-state index >= 15 is 0 Å². The van der Waals surface area contributed by atoms with E-state index in [4.69, 9.17) is 19.6 Å². The van der Waals surface area contributed by atoms with Crippen LogP contribution in [0.2, 0.25) is 18.1 Å². The van der Waals surface area contributed by atoms with Gasteiger partial charge >= 0.3 is 6.09 Å². The Morgan fingerprint density at radius 3 is 2.19 bits per heavy atom. The molecule has 0 bridgehead atoms. The largest absolute Gasteiger partial charge is 0.444 e. The molecule has 1 saturated heterocycles. The minimum absolute atomic E-state index is 0.0608. The molecule has 1 amide bonds. The van der Waals surface area contributed by atoms with E-state index in [9.17, 15) is 4.79 Å². The van der Waals surface area contributed by atoms with Crippen molar-refractivity contribution in [1.29, 1.82) is 0 Å². The van der Waals surface area contributed by atoms with Crippen LogP contribution in [0.5, 0.6) is 0 Å². The molecule has 1 heterocycles. The van der Waals surface area contributed by atoms with Crippen molar-refractivity contribution in [2.45, 2.75) is 104 Å². The standard InChI is InChI=1S/C20H42N2O4Si/c1-14(12-21)16(26-27(10,11)19(5,6)7)15-13-24-20(8,9)22(15)17(23)25-18(2,3)4/h14-16H,12-13,21H2,1-11H3/t14-,15?,16+/m0/s1. The predicted molar refractivity (Wildman–Crippen MR) is 112 cm³/mol. The maximum absolute atomic E-state index is 13.0. The third kappa shape index (κ3) is 5.92. The van der Waals surface area contributed by atoms with Crippen LogP contribution in [0.3, 0.4) is 0 Å². The number of carbonyl (C=O) groups excluding carboxylic acids is 1. The van der Waals surface area contributed by atoms with E-state index in [2.05, 4.69) is 40.8 Å². The van der Waals surface area contributed by atoms with Gasteiger partial charge in [0.15, 0.2) is 8.32 Å². The van der Waals surface area contributed by atoms with Gasteiger partial charge < -0.3 is 19.6 Å². The van der Waals surface area contributed by atoms with E-state index in [1.165, 1.54) is 0 Å². The molecule has 6 nitrogen and oxygen atoms in total. The van der Waals surface area contributed by atoms with Crippen molar-refractivity contribution in [2.24, 2.45) is 11.7 Å². The van der Waals surface area contributed by atoms with Crippen molar-refractivity contribution in [3.63, 3.8) is 0 Å². The summed E-state index contributed by atoms with van der Waals surface area (Å²) in [5.74, 6) is 0.0894. The van der Waals surface area contributed by atoms with Crippen LogP contribution in [0.1, 0.15) is 62.3 Å². The quantitative estimate of drug-likeness (QED) is 0.692. The third-order valence-corrected chi connectivity index (χ3v) is 10.1. The Bertz CT molecular complexity index is 523. The van der Waals surface area contributed by atoms with Gasteiger partial charge in [-0.2, -0.15) is 0 Å². The third-order valence-electron chi connectivity index (χ3n) is 5.66. The SMILES string of the molecule is C[C@@H](CN)[C@@H](O[Si](C)(C)C(C)(C)C)C1COC(C)(C)N1C(=O)OC(C)(C)C. The number of carbonyl (C=O) groups is 1. The fourth-order valence-corrected chi connectivity index (χ4v) is 4.39. The van der Waals surface area contributed by atoms with Crippen LogP contribution in [0.4, 0.5) is 4.79 Å². The fraction of sp³-hybridized carbons (Fsp3) is 0.950. The minimum Gasteiger partial charge on any atom is -0.444 e. The molecule has 0 radical (unpaired) electrons. The maximum Gasteiger partial charge on any atom is 0.412 e. The first-order valence-corrected chi connectivity index (χ1v) is 12.9. The first-order valence-electron chi connectivity index (χ1n) is 9.97. The normalized spacial score (nSPS) is 23.3. The fourth-order valence-electron chi connectivity index (χ4n) is 2.97. The summed E-state index contributed by atoms with van der Waals surface area (Å²) < 4.78 is 18.4. The van der Waals surface area contributed by atoms with Gasteiger partial charge in [0.1, 0.15) is 11.3 Å². The number of ether oxygens (including phenoxy) is 2. The Kier molecular flexibility index (Phi) is 7.24. The molecule has 160 valence electrons. The molecule has 1 unspecified atom stereocenters. The van der Waals surface area contributed by atoms with Crippen molar-refractivity contribution in [3.05, 3.63) is 0 Å². The van der Waals surface area contributed by atoms with E-state index in [-0.39, 0.29) is 29.2 Å². The number of nitrogens with two attached hydrogens (primary N) is 1. The summed E-state index contributed by atoms with van der Waals surface area (Å²) in [6, 6.07) is -0.234. The summed E-state index contributed by atoms with van der Waals surface area (Å²) in [5.41, 5.74) is 4.69. The highest BCUT2D eigenvalue weighted by atomic mass is 28.4. The number of hydrogen-bond donors (Lipinski definition) is 1. The Labute approximate surface area is 167 Å². The predicted octanol–water partition coefficient (Wildman–Crippen LogP) is 4.34. The zero-order valence-corrected chi connectivity index (χ0v) is 20.3. The highest BCUT2D eigenvalue weighted by Crippen LogP contribution is 2.41. The van der Waals surface area contributed by atoms with E-state index in [1.54, 1.807) is 4.90 Å². The summed E-state index contributed by atoms with van der Waals surface area (Å²) in [6.07, 6.45) is -0.576. The molecule has 0 aromatic rings. The van der Waals surface area contributed by atoms with Crippen molar-refractivity contribution in [1.82, 2.24) is 4.90 Å². The van der Waals surface area contributed by atoms with Gasteiger partial charge in [-0.15, -0.1) is 0 Å². The van der Waals surface area contributed by atoms with Crippen LogP contribution >= 0.6 is 0 Å². The zero-order chi connectivity index (χ0) is 21.4. The molecule has 3 atom stereocenters. The summed E-state index contributed by atoms with van der Waals surface area (Å²) in [5, 5.41) is 0.0608. The molecule has 1 rings (SSSR count). The van der Waals surface area contributed by atoms with Gasteiger partial charge in [-0.05, 0) is 65.2 Å². The van der Waals surface area contributed by atoms with Gasteiger partial charge in [0.2, 0.25) is 0 Å². The second kappa shape index (κ2) is 8.01. The number of hydrogen-bond acceptors (Lipinski definition) is 5. The minimum atomic E-state index is -2.06. The topological polar surface area (TPSA) is 74.0 Å². The Hall–Kier alpha value is -0.633. The van der Waals surface area contributed by atoms with Gasteiger partial charge in [-0.25, -0.2) is 4.79 Å². The van der Waals surface area contributed by atoms with Gasteiger partial charge in [0.25, 0.3) is 0 Å². The molecule has 1 fully saturated rings. The number of nitrogens with zero attached hydrogens (tertiary/aromatic N) is 1. The molecule has 1 aliphatic heterocycles. The van der Waals surface area contributed by atoms with Crippen LogP contribution in [0.25, 0.3) is 0 Å². The molecular weight excluding hydrogens is 360 g/mol. The van der Waals surface area contributed by atoms with Crippen molar-refractivity contribution in [2.75, 3.05) is 13.2 Å². The summed E-state index contributed by atoms with van der Waals surface area (Å²) >= 11 is 0. The molecule has 7 heteroatoms. The van der Waals surface area contributed by atoms with Crippen molar-refractivity contribution >= 4 is 14.4 Å². The van der Waals surface area contributed by atoms with E-state index in [0.717, 1.165) is 0 Å². The molecule has 0 aromatic heterocycles. The average molecular weight is 403 g/mol. The van der Waals surface area contributed by atoms with E-state index in [0.29, 0.717) is 13.2 Å². The first-order chi connectivity index (χ1) is 11.9. The van der Waals surface area contributed by atoms with Crippen LogP contribution < -0.4 is 5.73 Å². The molecule has 1 aliphatic rings. The lowest BCUT2D eigenvalue weighted by Crippen LogP contribution is -2.58. The highest BCUT2D eigenvalue weighted by Gasteiger charge is 2.52. The first kappa shape index (κ1) is 24.4. The Balaban J connectivity index is 3.24. The zero-order valence-electron chi connectivity index (χ0n) is 19.3. The second-order valence-electron chi connectivity index (χ2n) is 10.7. The average Bonchev–Trinajstić information content (AvgIpc) is 2.76. The van der Waals surface area contributed by atoms with Crippen molar-refractivity contribution in [3.8, 4) is 0 Å². The van der Waals surface area contributed by atoms with Gasteiger partial charge in [0.05, 0.1) is 18.8 Å². The number of rotatable bonds is 5. The van der Waals surface area contributed by atoms with Gasteiger partial charge in [0, 0.05) is 0 Å². The number of amides is 1. The van der Waals surface area contributed by atoms with Crippen LogP contribution in [-0.2, 0) is 13.9 Å². The Morgan fingerprint density at radius 1 is 1.26 bits per heavy atom. The molecule has 0 saturated carbocycles. The summed E-state index contributed by atoms with van der Waals surface area (Å²) in [4.78, 5) is 14.7. The van der Waals surface area contributed by atoms with Crippen molar-refractivity contribution < 1.29 is 18.7 Å². The monoisotopic (exact) mass is 402 g/mol. The maximum atomic E-state index is 13.0. The second-order valence-corrected chi connectivity index (χ2v) is 15.5. The lowest BCUT2D eigenvalue weighted by Gasteiger charge is -2.45. The molecule has 2 N–H and O–H groups in total. The smallest absolute Gasteiger partial charge is 0.412 e. The van der Waals surface area contributed by atoms with Crippen LogP contribution in [-0.4, -0.2) is 55.9 Å². The summed E-state index contributed by atoms with van der Waals surface area (Å²) in [6.45, 7) is 23.5. The van der Waals surface area contributed by atoms with Gasteiger partial charge in [-0.3, -0.25) is 4.90 Å². The Morgan fingerprint density at radius 2 is 1.78 bits per heavy atom. The molecule has 0 aliphatic carbocycles. The molecule has 0 spiro atoms.